The molecule has 4 nitrogen and oxygen atoms in total. The number of rotatable bonds is 6. The lowest BCUT2D eigenvalue weighted by Crippen LogP contribution is -2.39. The molecule has 0 amide bonds. The van der Waals surface area contributed by atoms with Crippen molar-refractivity contribution in [3.8, 4) is 5.75 Å². The van der Waals surface area contributed by atoms with Crippen LogP contribution < -0.4 is 5.32 Å². The minimum absolute atomic E-state index is 0.0441. The molecule has 3 N–H and O–H groups in total. The van der Waals surface area contributed by atoms with Gasteiger partial charge in [0.2, 0.25) is 0 Å². The number of aromatic hydroxyl groups is 1. The van der Waals surface area contributed by atoms with Gasteiger partial charge in [0, 0.05) is 17.1 Å². The van der Waals surface area contributed by atoms with Gasteiger partial charge in [0.25, 0.3) is 0 Å². The van der Waals surface area contributed by atoms with Gasteiger partial charge in [-0.05, 0) is 43.0 Å². The summed E-state index contributed by atoms with van der Waals surface area (Å²) in [6.07, 6.45) is 5.09. The van der Waals surface area contributed by atoms with Crippen molar-refractivity contribution >= 4 is 17.6 Å². The molecule has 0 aromatic heterocycles. The molecule has 0 radical (unpaired) electrons. The molecule has 20 heavy (non-hydrogen) atoms. The van der Waals surface area contributed by atoms with E-state index in [0.717, 1.165) is 12.8 Å². The fourth-order valence-corrected chi connectivity index (χ4v) is 3.00. The average Bonchev–Trinajstić information content (AvgIpc) is 2.86. The third-order valence-electron chi connectivity index (χ3n) is 3.76. The third kappa shape index (κ3) is 4.39. The molecule has 0 bridgehead atoms. The smallest absolute Gasteiger partial charge is 0.304 e. The van der Waals surface area contributed by atoms with Crippen molar-refractivity contribution in [1.82, 2.24) is 5.32 Å². The SMILES string of the molecule is O=C(O)CC(Cc1cc(Cl)ccc1O)NC1CCCC1. The minimum Gasteiger partial charge on any atom is -0.508 e. The lowest BCUT2D eigenvalue weighted by Gasteiger charge is -2.22. The molecule has 0 spiro atoms. The van der Waals surface area contributed by atoms with Crippen molar-refractivity contribution in [3.63, 3.8) is 0 Å². The molecule has 0 aliphatic heterocycles. The summed E-state index contributed by atoms with van der Waals surface area (Å²) in [5.41, 5.74) is 0.689. The van der Waals surface area contributed by atoms with Gasteiger partial charge in [-0.15, -0.1) is 0 Å². The molecule has 2 rings (SSSR count). The molecular formula is C15H20ClNO3. The number of carboxylic acid groups (broad SMARTS) is 1. The van der Waals surface area contributed by atoms with Crippen LogP contribution in [-0.4, -0.2) is 28.3 Å². The Morgan fingerprint density at radius 2 is 2.10 bits per heavy atom. The van der Waals surface area contributed by atoms with Crippen LogP contribution in [0.1, 0.15) is 37.7 Å². The Hall–Kier alpha value is -1.26. The zero-order valence-corrected chi connectivity index (χ0v) is 12.1. The summed E-state index contributed by atoms with van der Waals surface area (Å²) in [7, 11) is 0. The monoisotopic (exact) mass is 297 g/mol. The molecule has 1 aromatic rings. The number of nitrogens with one attached hydrogen (secondary N) is 1. The Kier molecular flexibility index (Phi) is 5.26. The summed E-state index contributed by atoms with van der Waals surface area (Å²) in [6, 6.07) is 5.07. The number of hydrogen-bond acceptors (Lipinski definition) is 3. The standard InChI is InChI=1S/C15H20ClNO3/c16-11-5-6-14(18)10(7-11)8-13(9-15(19)20)17-12-3-1-2-4-12/h5-7,12-13,17-18H,1-4,8-9H2,(H,19,20). The third-order valence-corrected chi connectivity index (χ3v) is 3.99. The van der Waals surface area contributed by atoms with Gasteiger partial charge in [0.05, 0.1) is 6.42 Å². The van der Waals surface area contributed by atoms with Crippen molar-refractivity contribution in [2.75, 3.05) is 0 Å². The molecule has 110 valence electrons. The fraction of sp³-hybridized carbons (Fsp3) is 0.533. The van der Waals surface area contributed by atoms with Gasteiger partial charge in [0.15, 0.2) is 0 Å². The van der Waals surface area contributed by atoms with E-state index in [1.54, 1.807) is 18.2 Å². The summed E-state index contributed by atoms with van der Waals surface area (Å²) in [4.78, 5) is 11.0. The van der Waals surface area contributed by atoms with E-state index in [2.05, 4.69) is 5.32 Å². The van der Waals surface area contributed by atoms with E-state index in [4.69, 9.17) is 16.7 Å². The first-order valence-corrected chi connectivity index (χ1v) is 7.37. The first-order valence-electron chi connectivity index (χ1n) is 7.00. The van der Waals surface area contributed by atoms with Crippen LogP contribution in [0.5, 0.6) is 5.75 Å². The van der Waals surface area contributed by atoms with Crippen LogP contribution in [0.3, 0.4) is 0 Å². The van der Waals surface area contributed by atoms with Gasteiger partial charge in [-0.3, -0.25) is 4.79 Å². The van der Waals surface area contributed by atoms with Gasteiger partial charge in [-0.25, -0.2) is 0 Å². The minimum atomic E-state index is -0.831. The van der Waals surface area contributed by atoms with Gasteiger partial charge in [-0.1, -0.05) is 24.4 Å². The van der Waals surface area contributed by atoms with Crippen LogP contribution in [0.4, 0.5) is 0 Å². The van der Waals surface area contributed by atoms with Crippen LogP contribution in [0, 0.1) is 0 Å². The zero-order chi connectivity index (χ0) is 14.5. The highest BCUT2D eigenvalue weighted by Crippen LogP contribution is 2.25. The highest BCUT2D eigenvalue weighted by atomic mass is 35.5. The van der Waals surface area contributed by atoms with E-state index in [1.807, 2.05) is 0 Å². The molecule has 0 saturated heterocycles. The summed E-state index contributed by atoms with van der Waals surface area (Å²) in [5, 5.41) is 22.8. The van der Waals surface area contributed by atoms with Gasteiger partial charge >= 0.3 is 5.97 Å². The van der Waals surface area contributed by atoms with Crippen LogP contribution in [0.2, 0.25) is 5.02 Å². The predicted molar refractivity (Wildman–Crippen MR) is 78.3 cm³/mol. The Morgan fingerprint density at radius 3 is 2.75 bits per heavy atom. The summed E-state index contributed by atoms with van der Waals surface area (Å²) < 4.78 is 0. The molecule has 1 aliphatic rings. The van der Waals surface area contributed by atoms with Crippen molar-refractivity contribution in [1.29, 1.82) is 0 Å². The van der Waals surface area contributed by atoms with Gasteiger partial charge in [0.1, 0.15) is 5.75 Å². The lowest BCUT2D eigenvalue weighted by molar-refractivity contribution is -0.137. The number of hydrogen-bond donors (Lipinski definition) is 3. The Balaban J connectivity index is 2.05. The molecule has 1 saturated carbocycles. The van der Waals surface area contributed by atoms with E-state index >= 15 is 0 Å². The second-order valence-corrected chi connectivity index (χ2v) is 5.86. The first-order chi connectivity index (χ1) is 9.54. The van der Waals surface area contributed by atoms with Crippen molar-refractivity contribution in [3.05, 3.63) is 28.8 Å². The number of carboxylic acids is 1. The Morgan fingerprint density at radius 1 is 1.40 bits per heavy atom. The molecule has 1 unspecified atom stereocenters. The quantitative estimate of drug-likeness (QED) is 0.755. The van der Waals surface area contributed by atoms with Crippen molar-refractivity contribution < 1.29 is 15.0 Å². The Bertz CT molecular complexity index is 472. The molecule has 1 aliphatic carbocycles. The van der Waals surface area contributed by atoms with Crippen LogP contribution in [0.25, 0.3) is 0 Å². The van der Waals surface area contributed by atoms with E-state index in [-0.39, 0.29) is 18.2 Å². The lowest BCUT2D eigenvalue weighted by atomic mass is 10.0. The van der Waals surface area contributed by atoms with E-state index in [1.165, 1.54) is 12.8 Å². The Labute approximate surface area is 123 Å². The zero-order valence-electron chi connectivity index (χ0n) is 11.3. The molecule has 1 aromatic carbocycles. The van der Waals surface area contributed by atoms with E-state index in [9.17, 15) is 9.90 Å². The predicted octanol–water partition coefficient (Wildman–Crippen LogP) is 2.96. The number of aliphatic carboxylic acids is 1. The number of carbonyl (C=O) groups is 1. The van der Waals surface area contributed by atoms with Crippen molar-refractivity contribution in [2.45, 2.75) is 50.6 Å². The molecule has 1 fully saturated rings. The number of phenolic OH excluding ortho intramolecular Hbond substituents is 1. The van der Waals surface area contributed by atoms with E-state index in [0.29, 0.717) is 23.0 Å². The van der Waals surface area contributed by atoms with Crippen molar-refractivity contribution in [2.24, 2.45) is 0 Å². The second-order valence-electron chi connectivity index (χ2n) is 5.42. The highest BCUT2D eigenvalue weighted by Gasteiger charge is 2.22. The molecular weight excluding hydrogens is 278 g/mol. The van der Waals surface area contributed by atoms with Crippen LogP contribution >= 0.6 is 11.6 Å². The number of benzene rings is 1. The molecule has 5 heteroatoms. The van der Waals surface area contributed by atoms with Crippen LogP contribution in [-0.2, 0) is 11.2 Å². The largest absolute Gasteiger partial charge is 0.508 e. The number of halogens is 1. The topological polar surface area (TPSA) is 69.6 Å². The van der Waals surface area contributed by atoms with Gasteiger partial charge in [-0.2, -0.15) is 0 Å². The normalized spacial score (nSPS) is 17.2. The second kappa shape index (κ2) is 6.95. The molecule has 1 atom stereocenters. The fourth-order valence-electron chi connectivity index (χ4n) is 2.81. The maximum Gasteiger partial charge on any atom is 0.304 e. The number of phenols is 1. The summed E-state index contributed by atoms with van der Waals surface area (Å²) in [6.45, 7) is 0. The average molecular weight is 298 g/mol. The van der Waals surface area contributed by atoms with Crippen LogP contribution in [0.15, 0.2) is 18.2 Å². The maximum atomic E-state index is 11.0. The highest BCUT2D eigenvalue weighted by molar-refractivity contribution is 6.30. The van der Waals surface area contributed by atoms with Gasteiger partial charge < -0.3 is 15.5 Å². The molecule has 0 heterocycles. The summed E-state index contributed by atoms with van der Waals surface area (Å²) >= 11 is 5.93. The summed E-state index contributed by atoms with van der Waals surface area (Å²) in [5.74, 6) is -0.667. The first kappa shape index (κ1) is 15.1. The van der Waals surface area contributed by atoms with E-state index < -0.39 is 5.97 Å². The maximum absolute atomic E-state index is 11.0.